The highest BCUT2D eigenvalue weighted by molar-refractivity contribution is 7.92. The van der Waals surface area contributed by atoms with E-state index in [2.05, 4.69) is 24.7 Å². The van der Waals surface area contributed by atoms with Crippen molar-refractivity contribution in [1.82, 2.24) is 4.31 Å². The maximum atomic E-state index is 5.27. The average Bonchev–Trinajstić information content (AvgIpc) is 1.94. The Morgan fingerprint density at radius 2 is 2.45 bits per heavy atom. The van der Waals surface area contributed by atoms with Crippen molar-refractivity contribution in [3.8, 4) is 0 Å². The molecular weight excluding hydrogens is 158 g/mol. The van der Waals surface area contributed by atoms with Crippen LogP contribution in [-0.4, -0.2) is 23.0 Å². The monoisotopic (exact) mass is 173 g/mol. The average molecular weight is 173 g/mol. The Balaban J connectivity index is 2.52. The first-order chi connectivity index (χ1) is 5.17. The molecule has 0 radical (unpaired) electrons. The molecule has 3 heteroatoms. The van der Waals surface area contributed by atoms with Crippen LogP contribution < -0.4 is 0 Å². The predicted molar refractivity (Wildman–Crippen MR) is 49.1 cm³/mol. The Bertz CT molecular complexity index is 147. The van der Waals surface area contributed by atoms with Gasteiger partial charge in [-0.1, -0.05) is 6.08 Å². The van der Waals surface area contributed by atoms with Gasteiger partial charge in [0.25, 0.3) is 0 Å². The molecule has 0 aromatic rings. The van der Waals surface area contributed by atoms with Crippen LogP contribution in [0.25, 0.3) is 0 Å². The molecule has 2 nitrogen and oxygen atoms in total. The van der Waals surface area contributed by atoms with Crippen molar-refractivity contribution in [2.75, 3.05) is 13.2 Å². The number of rotatable bonds is 2. The van der Waals surface area contributed by atoms with Crippen LogP contribution in [-0.2, 0) is 4.18 Å². The maximum Gasteiger partial charge on any atom is 0.0827 e. The van der Waals surface area contributed by atoms with Crippen molar-refractivity contribution in [2.45, 2.75) is 25.8 Å². The highest BCUT2D eigenvalue weighted by Crippen LogP contribution is 2.31. The zero-order valence-corrected chi connectivity index (χ0v) is 7.99. The van der Waals surface area contributed by atoms with Gasteiger partial charge in [0, 0.05) is 12.1 Å². The molecule has 0 unspecified atom stereocenters. The van der Waals surface area contributed by atoms with E-state index < -0.39 is 0 Å². The van der Waals surface area contributed by atoms with E-state index >= 15 is 0 Å². The molecule has 1 heterocycles. The van der Waals surface area contributed by atoms with Crippen molar-refractivity contribution in [1.29, 1.82) is 0 Å². The lowest BCUT2D eigenvalue weighted by Gasteiger charge is -2.39. The summed E-state index contributed by atoms with van der Waals surface area (Å²) in [6.07, 6.45) is 3.00. The Morgan fingerprint density at radius 1 is 1.73 bits per heavy atom. The fraction of sp³-hybridized carbons (Fsp3) is 0.750. The van der Waals surface area contributed by atoms with Gasteiger partial charge < -0.3 is 4.18 Å². The van der Waals surface area contributed by atoms with E-state index in [0.717, 1.165) is 19.6 Å². The molecule has 0 spiro atoms. The molecule has 0 aromatic carbocycles. The Hall–Kier alpha value is 0.01000. The van der Waals surface area contributed by atoms with E-state index in [1.54, 1.807) is 0 Å². The molecule has 0 bridgehead atoms. The molecule has 1 aliphatic rings. The molecule has 0 aromatic heterocycles. The number of nitrogens with zero attached hydrogens (tertiary/aromatic N) is 1. The van der Waals surface area contributed by atoms with Gasteiger partial charge in [0.05, 0.1) is 18.8 Å². The molecule has 1 aliphatic heterocycles. The summed E-state index contributed by atoms with van der Waals surface area (Å²) < 4.78 is 7.48. The van der Waals surface area contributed by atoms with Gasteiger partial charge in [-0.15, -0.1) is 6.58 Å². The standard InChI is InChI=1S/C8H15NOS/c1-4-6-9-8(2,3)5-7-10-11-9/h4H,1,5-7H2,2-3H3. The SMILES string of the molecule is C=CCN1SOCCC1(C)C. The fourth-order valence-corrected chi connectivity index (χ4v) is 1.76. The van der Waals surface area contributed by atoms with E-state index in [-0.39, 0.29) is 5.54 Å². The van der Waals surface area contributed by atoms with Crippen molar-refractivity contribution >= 4 is 12.2 Å². The summed E-state index contributed by atoms with van der Waals surface area (Å²) in [7, 11) is 0. The highest BCUT2D eigenvalue weighted by atomic mass is 32.2. The van der Waals surface area contributed by atoms with Crippen molar-refractivity contribution in [2.24, 2.45) is 0 Å². The van der Waals surface area contributed by atoms with Crippen LogP contribution in [0, 0.1) is 0 Å². The third kappa shape index (κ3) is 2.22. The van der Waals surface area contributed by atoms with Gasteiger partial charge in [-0.25, -0.2) is 4.31 Å². The second-order valence-corrected chi connectivity index (χ2v) is 4.13. The van der Waals surface area contributed by atoms with Gasteiger partial charge in [0.2, 0.25) is 0 Å². The molecule has 0 N–H and O–H groups in total. The summed E-state index contributed by atoms with van der Waals surface area (Å²) in [4.78, 5) is 0. The molecule has 1 fully saturated rings. The molecule has 0 amide bonds. The van der Waals surface area contributed by atoms with Gasteiger partial charge >= 0.3 is 0 Å². The summed E-state index contributed by atoms with van der Waals surface area (Å²) >= 11 is 1.46. The predicted octanol–water partition coefficient (Wildman–Crippen LogP) is 2.24. The van der Waals surface area contributed by atoms with E-state index in [9.17, 15) is 0 Å². The lowest BCUT2D eigenvalue weighted by atomic mass is 10.0. The van der Waals surface area contributed by atoms with Crippen molar-refractivity contribution < 1.29 is 4.18 Å². The minimum atomic E-state index is 0.247. The second-order valence-electron chi connectivity index (χ2n) is 3.31. The zero-order chi connectivity index (χ0) is 8.32. The smallest absolute Gasteiger partial charge is 0.0827 e. The van der Waals surface area contributed by atoms with Crippen LogP contribution >= 0.6 is 12.2 Å². The largest absolute Gasteiger partial charge is 0.301 e. The van der Waals surface area contributed by atoms with E-state index in [4.69, 9.17) is 4.18 Å². The first-order valence-electron chi connectivity index (χ1n) is 3.85. The fourth-order valence-electron chi connectivity index (χ4n) is 1.01. The van der Waals surface area contributed by atoms with Crippen LogP contribution in [0.5, 0.6) is 0 Å². The molecule has 0 aliphatic carbocycles. The van der Waals surface area contributed by atoms with E-state index in [0.29, 0.717) is 0 Å². The van der Waals surface area contributed by atoms with Gasteiger partial charge in [0.1, 0.15) is 0 Å². The van der Waals surface area contributed by atoms with Crippen molar-refractivity contribution in [3.05, 3.63) is 12.7 Å². The third-order valence-corrected chi connectivity index (χ3v) is 3.01. The zero-order valence-electron chi connectivity index (χ0n) is 7.17. The quantitative estimate of drug-likeness (QED) is 0.361. The Morgan fingerprint density at radius 3 is 3.00 bits per heavy atom. The topological polar surface area (TPSA) is 12.5 Å². The normalized spacial score (nSPS) is 24.9. The maximum absolute atomic E-state index is 5.27. The first-order valence-corrected chi connectivity index (χ1v) is 4.55. The minimum absolute atomic E-state index is 0.247. The highest BCUT2D eigenvalue weighted by Gasteiger charge is 2.30. The molecule has 1 rings (SSSR count). The molecule has 1 saturated heterocycles. The van der Waals surface area contributed by atoms with Crippen LogP contribution in [0.2, 0.25) is 0 Å². The second kappa shape index (κ2) is 3.61. The van der Waals surface area contributed by atoms with Gasteiger partial charge in [-0.3, -0.25) is 0 Å². The van der Waals surface area contributed by atoms with Gasteiger partial charge in [-0.05, 0) is 20.3 Å². The summed E-state index contributed by atoms with van der Waals surface area (Å²) in [5, 5.41) is 0. The van der Waals surface area contributed by atoms with Gasteiger partial charge in [0.15, 0.2) is 0 Å². The van der Waals surface area contributed by atoms with E-state index in [1.807, 2.05) is 6.08 Å². The van der Waals surface area contributed by atoms with E-state index in [1.165, 1.54) is 12.2 Å². The van der Waals surface area contributed by atoms with Crippen molar-refractivity contribution in [3.63, 3.8) is 0 Å². The number of hydrogen-bond acceptors (Lipinski definition) is 3. The summed E-state index contributed by atoms with van der Waals surface area (Å²) in [6.45, 7) is 9.91. The van der Waals surface area contributed by atoms with Crippen LogP contribution in [0.15, 0.2) is 12.7 Å². The summed E-state index contributed by atoms with van der Waals surface area (Å²) in [6, 6.07) is 0. The lowest BCUT2D eigenvalue weighted by Crippen LogP contribution is -2.43. The third-order valence-electron chi connectivity index (χ3n) is 1.91. The first kappa shape index (κ1) is 9.10. The summed E-state index contributed by atoms with van der Waals surface area (Å²) in [5.41, 5.74) is 0.247. The van der Waals surface area contributed by atoms with Crippen LogP contribution in [0.4, 0.5) is 0 Å². The molecule has 0 atom stereocenters. The summed E-state index contributed by atoms with van der Waals surface area (Å²) in [5.74, 6) is 0. The molecule has 0 saturated carbocycles. The minimum Gasteiger partial charge on any atom is -0.301 e. The Labute approximate surface area is 72.9 Å². The molecule has 11 heavy (non-hydrogen) atoms. The Kier molecular flexibility index (Phi) is 2.98. The molecule has 64 valence electrons. The molecular formula is C8H15NOS. The number of hydrogen-bond donors (Lipinski definition) is 0. The lowest BCUT2D eigenvalue weighted by molar-refractivity contribution is 0.157. The van der Waals surface area contributed by atoms with Crippen LogP contribution in [0.1, 0.15) is 20.3 Å². The van der Waals surface area contributed by atoms with Crippen LogP contribution in [0.3, 0.4) is 0 Å². The van der Waals surface area contributed by atoms with Gasteiger partial charge in [-0.2, -0.15) is 0 Å².